The van der Waals surface area contributed by atoms with Crippen LogP contribution in [-0.4, -0.2) is 36.0 Å². The maximum atomic E-state index is 11.7. The van der Waals surface area contributed by atoms with Gasteiger partial charge in [-0.15, -0.1) is 0 Å². The molecule has 4 nitrogen and oxygen atoms in total. The second kappa shape index (κ2) is 6.81. The summed E-state index contributed by atoms with van der Waals surface area (Å²) in [5, 5.41) is 3.05. The van der Waals surface area contributed by atoms with Gasteiger partial charge < -0.3 is 9.73 Å². The summed E-state index contributed by atoms with van der Waals surface area (Å²) in [6.45, 7) is 9.99. The molecule has 1 aromatic heterocycles. The van der Waals surface area contributed by atoms with Gasteiger partial charge in [-0.3, -0.25) is 9.69 Å². The molecule has 1 N–H and O–H groups in total. The molecular weight excluding hydrogens is 252 g/mol. The number of amides is 1. The van der Waals surface area contributed by atoms with Crippen molar-refractivity contribution < 1.29 is 9.21 Å². The topological polar surface area (TPSA) is 45.5 Å². The molecule has 0 aliphatic heterocycles. The largest absolute Gasteiger partial charge is 0.440 e. The molecule has 0 saturated carbocycles. The molecular formula is C13H21ClN2O2. The van der Waals surface area contributed by atoms with E-state index < -0.39 is 0 Å². The third-order valence-corrected chi connectivity index (χ3v) is 2.98. The second-order valence-corrected chi connectivity index (χ2v) is 5.16. The van der Waals surface area contributed by atoms with Crippen molar-refractivity contribution >= 4 is 17.5 Å². The fourth-order valence-electron chi connectivity index (χ4n) is 1.93. The number of nitrogens with zero attached hydrogens (tertiary/aromatic N) is 1. The fraction of sp³-hybridized carbons (Fsp3) is 0.615. The first-order valence-corrected chi connectivity index (χ1v) is 6.59. The predicted molar refractivity (Wildman–Crippen MR) is 73.0 cm³/mol. The van der Waals surface area contributed by atoms with E-state index in [4.69, 9.17) is 16.0 Å². The van der Waals surface area contributed by atoms with Gasteiger partial charge in [-0.25, -0.2) is 0 Å². The van der Waals surface area contributed by atoms with Crippen LogP contribution in [-0.2, 0) is 0 Å². The van der Waals surface area contributed by atoms with E-state index in [2.05, 4.69) is 37.9 Å². The van der Waals surface area contributed by atoms with Crippen molar-refractivity contribution in [2.45, 2.75) is 39.8 Å². The molecule has 0 saturated heterocycles. The summed E-state index contributed by atoms with van der Waals surface area (Å²) < 4.78 is 5.04. The zero-order valence-electron chi connectivity index (χ0n) is 11.4. The van der Waals surface area contributed by atoms with Crippen LogP contribution in [0.2, 0.25) is 5.22 Å². The first kappa shape index (κ1) is 15.1. The minimum Gasteiger partial charge on any atom is -0.440 e. The zero-order chi connectivity index (χ0) is 13.7. The second-order valence-electron chi connectivity index (χ2n) is 4.78. The lowest BCUT2D eigenvalue weighted by molar-refractivity contribution is 0.0912. The monoisotopic (exact) mass is 272 g/mol. The highest BCUT2D eigenvalue weighted by atomic mass is 35.5. The van der Waals surface area contributed by atoms with E-state index in [1.807, 2.05) is 0 Å². The summed E-state index contributed by atoms with van der Waals surface area (Å²) in [7, 11) is 0. The summed E-state index contributed by atoms with van der Waals surface area (Å²) in [6, 6.07) is 4.05. The van der Waals surface area contributed by atoms with Gasteiger partial charge in [0.25, 0.3) is 5.91 Å². The van der Waals surface area contributed by atoms with Crippen LogP contribution in [0.3, 0.4) is 0 Å². The molecule has 102 valence electrons. The molecule has 1 rings (SSSR count). The maximum Gasteiger partial charge on any atom is 0.287 e. The summed E-state index contributed by atoms with van der Waals surface area (Å²) in [4.78, 5) is 14.0. The smallest absolute Gasteiger partial charge is 0.287 e. The van der Waals surface area contributed by atoms with E-state index in [0.29, 0.717) is 18.6 Å². The van der Waals surface area contributed by atoms with Gasteiger partial charge in [0.1, 0.15) is 0 Å². The number of carbonyl (C=O) groups is 1. The van der Waals surface area contributed by atoms with Crippen LogP contribution in [0.5, 0.6) is 0 Å². The summed E-state index contributed by atoms with van der Waals surface area (Å²) in [6.07, 6.45) is 0. The molecule has 0 aromatic carbocycles. The van der Waals surface area contributed by atoms with E-state index in [1.54, 1.807) is 12.1 Å². The van der Waals surface area contributed by atoms with Crippen LogP contribution >= 0.6 is 11.6 Å². The number of halogens is 1. The Morgan fingerprint density at radius 3 is 2.39 bits per heavy atom. The van der Waals surface area contributed by atoms with Crippen LogP contribution in [0.25, 0.3) is 0 Å². The van der Waals surface area contributed by atoms with E-state index in [0.717, 1.165) is 6.54 Å². The van der Waals surface area contributed by atoms with Crippen LogP contribution in [0.1, 0.15) is 38.2 Å². The Kier molecular flexibility index (Phi) is 5.69. The van der Waals surface area contributed by atoms with Crippen molar-refractivity contribution in [1.82, 2.24) is 10.2 Å². The van der Waals surface area contributed by atoms with Gasteiger partial charge in [0.15, 0.2) is 11.0 Å². The van der Waals surface area contributed by atoms with Crippen molar-refractivity contribution in [2.24, 2.45) is 0 Å². The van der Waals surface area contributed by atoms with Gasteiger partial charge in [-0.2, -0.15) is 0 Å². The van der Waals surface area contributed by atoms with Crippen molar-refractivity contribution in [1.29, 1.82) is 0 Å². The van der Waals surface area contributed by atoms with Crippen LogP contribution in [0, 0.1) is 0 Å². The molecule has 18 heavy (non-hydrogen) atoms. The van der Waals surface area contributed by atoms with E-state index in [1.165, 1.54) is 0 Å². The minimum atomic E-state index is -0.227. The summed E-state index contributed by atoms with van der Waals surface area (Å²) >= 11 is 5.62. The normalized spacial score (nSPS) is 11.6. The molecule has 5 heteroatoms. The molecule has 0 aliphatic rings. The average Bonchev–Trinajstić information content (AvgIpc) is 2.69. The Hall–Kier alpha value is -1.00. The Labute approximate surface area is 113 Å². The summed E-state index contributed by atoms with van der Waals surface area (Å²) in [5.41, 5.74) is 0. The van der Waals surface area contributed by atoms with E-state index in [9.17, 15) is 4.79 Å². The average molecular weight is 273 g/mol. The summed E-state index contributed by atoms with van der Waals surface area (Å²) in [5.74, 6) is 0.0232. The minimum absolute atomic E-state index is 0.227. The number of nitrogens with one attached hydrogen (secondary N) is 1. The van der Waals surface area contributed by atoms with Gasteiger partial charge in [0.05, 0.1) is 0 Å². The molecule has 0 aliphatic carbocycles. The maximum absolute atomic E-state index is 11.7. The molecule has 0 unspecified atom stereocenters. The highest BCUT2D eigenvalue weighted by Gasteiger charge is 2.14. The quantitative estimate of drug-likeness (QED) is 0.866. The third kappa shape index (κ3) is 4.35. The lowest BCUT2D eigenvalue weighted by Crippen LogP contribution is -2.42. The molecule has 0 spiro atoms. The lowest BCUT2D eigenvalue weighted by Gasteiger charge is -2.30. The van der Waals surface area contributed by atoms with Crippen molar-refractivity contribution in [3.05, 3.63) is 23.1 Å². The van der Waals surface area contributed by atoms with E-state index >= 15 is 0 Å². The highest BCUT2D eigenvalue weighted by Crippen LogP contribution is 2.12. The first-order valence-electron chi connectivity index (χ1n) is 6.21. The standard InChI is InChI=1S/C13H21ClN2O2/c1-9(2)16(10(3)4)8-7-15-13(17)11-5-6-12(14)18-11/h5-6,9-10H,7-8H2,1-4H3,(H,15,17). The van der Waals surface area contributed by atoms with Gasteiger partial charge in [-0.05, 0) is 51.4 Å². The highest BCUT2D eigenvalue weighted by molar-refractivity contribution is 6.29. The third-order valence-electron chi connectivity index (χ3n) is 2.78. The Balaban J connectivity index is 2.39. The van der Waals surface area contributed by atoms with E-state index in [-0.39, 0.29) is 16.9 Å². The fourth-order valence-corrected chi connectivity index (χ4v) is 2.08. The first-order chi connectivity index (χ1) is 8.41. The van der Waals surface area contributed by atoms with Crippen molar-refractivity contribution in [2.75, 3.05) is 13.1 Å². The van der Waals surface area contributed by atoms with Gasteiger partial charge in [0, 0.05) is 25.2 Å². The van der Waals surface area contributed by atoms with Crippen molar-refractivity contribution in [3.8, 4) is 0 Å². The van der Waals surface area contributed by atoms with Gasteiger partial charge in [0.2, 0.25) is 0 Å². The predicted octanol–water partition coefficient (Wildman–Crippen LogP) is 2.78. The SMILES string of the molecule is CC(C)N(CCNC(=O)c1ccc(Cl)o1)C(C)C. The molecule has 0 atom stereocenters. The number of hydrogen-bond acceptors (Lipinski definition) is 3. The Morgan fingerprint density at radius 1 is 1.33 bits per heavy atom. The molecule has 1 heterocycles. The van der Waals surface area contributed by atoms with Gasteiger partial charge in [-0.1, -0.05) is 0 Å². The molecule has 1 amide bonds. The number of hydrogen-bond donors (Lipinski definition) is 1. The number of carbonyl (C=O) groups excluding carboxylic acids is 1. The molecule has 0 bridgehead atoms. The van der Waals surface area contributed by atoms with Crippen molar-refractivity contribution in [3.63, 3.8) is 0 Å². The Morgan fingerprint density at radius 2 is 1.94 bits per heavy atom. The zero-order valence-corrected chi connectivity index (χ0v) is 12.1. The van der Waals surface area contributed by atoms with Crippen LogP contribution in [0.15, 0.2) is 16.5 Å². The lowest BCUT2D eigenvalue weighted by atomic mass is 10.2. The molecule has 1 aromatic rings. The number of rotatable bonds is 6. The van der Waals surface area contributed by atoms with Gasteiger partial charge >= 0.3 is 0 Å². The van der Waals surface area contributed by atoms with Crippen LogP contribution < -0.4 is 5.32 Å². The molecule has 0 fully saturated rings. The van der Waals surface area contributed by atoms with Crippen LogP contribution in [0.4, 0.5) is 0 Å². The Bertz CT molecular complexity index is 380. The number of furan rings is 1. The molecule has 0 radical (unpaired) electrons.